The summed E-state index contributed by atoms with van der Waals surface area (Å²) in [6, 6.07) is 15.7. The molecule has 3 aromatic carbocycles. The molecule has 9 nitrogen and oxygen atoms in total. The van der Waals surface area contributed by atoms with Gasteiger partial charge in [-0.3, -0.25) is 4.79 Å². The molecule has 1 aliphatic rings. The molecule has 4 rings (SSSR count). The fourth-order valence-electron chi connectivity index (χ4n) is 4.97. The number of nitrogens with zero attached hydrogens (tertiary/aromatic N) is 1. The predicted octanol–water partition coefficient (Wildman–Crippen LogP) is 5.81. The Labute approximate surface area is 246 Å². The predicted molar refractivity (Wildman–Crippen MR) is 160 cm³/mol. The summed E-state index contributed by atoms with van der Waals surface area (Å²) in [5.74, 6) is -0.305. The van der Waals surface area contributed by atoms with Crippen molar-refractivity contribution in [2.75, 3.05) is 27.2 Å². The van der Waals surface area contributed by atoms with Gasteiger partial charge in [-0.25, -0.2) is 4.79 Å². The van der Waals surface area contributed by atoms with Crippen LogP contribution in [0.4, 0.5) is 4.79 Å². The van der Waals surface area contributed by atoms with Crippen LogP contribution in [0.2, 0.25) is 0 Å². The van der Waals surface area contributed by atoms with Crippen LogP contribution in [-0.2, 0) is 13.0 Å². The molecule has 0 saturated heterocycles. The smallest absolute Gasteiger partial charge is 0.412 e. The maximum atomic E-state index is 12.8. The average molecular weight is 575 g/mol. The second-order valence-electron chi connectivity index (χ2n) is 10.5. The SMILES string of the molecule is CNC(=O)Oc1cccc(CN(C)CCCCCCCOc2ccc3c(c2)C/C(=C\c2cc(O)c(O)c(O)c2)C3=O)c1. The Morgan fingerprint density at radius 2 is 1.69 bits per heavy atom. The number of hydrogen-bond donors (Lipinski definition) is 4. The number of fused-ring (bicyclic) bond motifs is 1. The molecule has 0 unspecified atom stereocenters. The molecule has 0 aliphatic heterocycles. The highest BCUT2D eigenvalue weighted by Crippen LogP contribution is 2.37. The zero-order valence-corrected chi connectivity index (χ0v) is 24.1. The van der Waals surface area contributed by atoms with Gasteiger partial charge < -0.3 is 35.0 Å². The number of ether oxygens (including phenoxy) is 2. The molecule has 0 saturated carbocycles. The van der Waals surface area contributed by atoms with E-state index in [1.807, 2.05) is 30.3 Å². The maximum absolute atomic E-state index is 12.8. The van der Waals surface area contributed by atoms with Gasteiger partial charge in [-0.1, -0.05) is 31.4 Å². The quantitative estimate of drug-likeness (QED) is 0.114. The van der Waals surface area contributed by atoms with Gasteiger partial charge in [0.1, 0.15) is 11.5 Å². The van der Waals surface area contributed by atoms with Gasteiger partial charge in [0.15, 0.2) is 23.0 Å². The lowest BCUT2D eigenvalue weighted by Crippen LogP contribution is -2.22. The average Bonchev–Trinajstić information content (AvgIpc) is 3.27. The van der Waals surface area contributed by atoms with Crippen molar-refractivity contribution in [2.24, 2.45) is 0 Å². The highest BCUT2D eigenvalue weighted by molar-refractivity contribution is 6.15. The van der Waals surface area contributed by atoms with E-state index in [2.05, 4.69) is 17.3 Å². The van der Waals surface area contributed by atoms with E-state index in [0.717, 1.165) is 62.1 Å². The van der Waals surface area contributed by atoms with Gasteiger partial charge in [-0.2, -0.15) is 0 Å². The van der Waals surface area contributed by atoms with Gasteiger partial charge >= 0.3 is 6.09 Å². The summed E-state index contributed by atoms with van der Waals surface area (Å²) in [6.45, 7) is 2.37. The highest BCUT2D eigenvalue weighted by atomic mass is 16.6. The fourth-order valence-corrected chi connectivity index (χ4v) is 4.97. The van der Waals surface area contributed by atoms with Crippen LogP contribution < -0.4 is 14.8 Å². The molecule has 4 N–H and O–H groups in total. The summed E-state index contributed by atoms with van der Waals surface area (Å²) in [6.07, 6.45) is 6.95. The van der Waals surface area contributed by atoms with Crippen molar-refractivity contribution < 1.29 is 34.4 Å². The van der Waals surface area contributed by atoms with Gasteiger partial charge in [-0.15, -0.1) is 0 Å². The minimum absolute atomic E-state index is 0.0993. The van der Waals surface area contributed by atoms with E-state index < -0.39 is 23.3 Å². The van der Waals surface area contributed by atoms with Crippen molar-refractivity contribution in [1.82, 2.24) is 10.2 Å². The first-order chi connectivity index (χ1) is 20.2. The molecule has 0 aromatic heterocycles. The first-order valence-corrected chi connectivity index (χ1v) is 14.2. The highest BCUT2D eigenvalue weighted by Gasteiger charge is 2.25. The molecule has 0 heterocycles. The van der Waals surface area contributed by atoms with Crippen LogP contribution in [0.25, 0.3) is 6.08 Å². The van der Waals surface area contributed by atoms with Gasteiger partial charge in [0.05, 0.1) is 6.61 Å². The molecule has 1 amide bonds. The van der Waals surface area contributed by atoms with Crippen molar-refractivity contribution in [1.29, 1.82) is 0 Å². The van der Waals surface area contributed by atoms with Crippen LogP contribution >= 0.6 is 0 Å². The van der Waals surface area contributed by atoms with Crippen molar-refractivity contribution >= 4 is 18.0 Å². The van der Waals surface area contributed by atoms with Crippen molar-refractivity contribution in [3.05, 3.63) is 82.4 Å². The molecule has 3 aromatic rings. The second-order valence-corrected chi connectivity index (χ2v) is 10.5. The number of phenolic OH excluding ortho intramolecular Hbond substituents is 3. The Hall–Kier alpha value is -4.50. The number of phenols is 3. The van der Waals surface area contributed by atoms with Crippen molar-refractivity contribution in [3.63, 3.8) is 0 Å². The van der Waals surface area contributed by atoms with Gasteiger partial charge in [0.25, 0.3) is 0 Å². The number of allylic oxidation sites excluding steroid dienone is 1. The molecule has 42 heavy (non-hydrogen) atoms. The van der Waals surface area contributed by atoms with E-state index >= 15 is 0 Å². The summed E-state index contributed by atoms with van der Waals surface area (Å²) in [5, 5.41) is 31.5. The topological polar surface area (TPSA) is 129 Å². The summed E-state index contributed by atoms with van der Waals surface area (Å²) >= 11 is 0. The maximum Gasteiger partial charge on any atom is 0.412 e. The number of benzene rings is 3. The lowest BCUT2D eigenvalue weighted by molar-refractivity contribution is 0.104. The van der Waals surface area contributed by atoms with E-state index in [1.54, 1.807) is 18.2 Å². The Bertz CT molecular complexity index is 1430. The first-order valence-electron chi connectivity index (χ1n) is 14.2. The van der Waals surface area contributed by atoms with Crippen LogP contribution in [0.3, 0.4) is 0 Å². The molecule has 0 bridgehead atoms. The standard InChI is InChI=1S/C33H38N2O7/c1-34-33(40)42-27-10-8-9-22(16-27)21-35(2)13-6-4-3-5-7-14-41-26-11-12-28-24(20-26)19-25(31(28)38)15-23-17-29(36)32(39)30(37)18-23/h8-12,15-18,20,36-37,39H,3-7,13-14,19,21H2,1-2H3,(H,34,40)/b25-15+. The number of ketones is 1. The molecule has 0 spiro atoms. The molecule has 222 valence electrons. The Morgan fingerprint density at radius 1 is 0.952 bits per heavy atom. The Morgan fingerprint density at radius 3 is 2.45 bits per heavy atom. The molecule has 1 aliphatic carbocycles. The normalized spacial score (nSPS) is 13.4. The molecule has 9 heteroatoms. The summed E-state index contributed by atoms with van der Waals surface area (Å²) in [7, 11) is 3.62. The summed E-state index contributed by atoms with van der Waals surface area (Å²) in [4.78, 5) is 26.5. The summed E-state index contributed by atoms with van der Waals surface area (Å²) in [5.41, 5.74) is 3.57. The zero-order valence-electron chi connectivity index (χ0n) is 24.1. The monoisotopic (exact) mass is 574 g/mol. The van der Waals surface area contributed by atoms with E-state index in [1.165, 1.54) is 19.2 Å². The number of carbonyl (C=O) groups excluding carboxylic acids is 2. The van der Waals surface area contributed by atoms with E-state index in [4.69, 9.17) is 9.47 Å². The third-order valence-electron chi connectivity index (χ3n) is 7.15. The Kier molecular flexibility index (Phi) is 10.4. The van der Waals surface area contributed by atoms with Crippen molar-refractivity contribution in [3.8, 4) is 28.7 Å². The van der Waals surface area contributed by atoms with E-state index in [0.29, 0.717) is 35.5 Å². The number of Topliss-reactive ketones (excluding diaryl/α,β-unsaturated/α-hetero) is 1. The van der Waals surface area contributed by atoms with Crippen LogP contribution in [0.5, 0.6) is 28.7 Å². The van der Waals surface area contributed by atoms with E-state index in [-0.39, 0.29) is 5.78 Å². The first kappa shape index (κ1) is 30.5. The molecule has 0 radical (unpaired) electrons. The number of hydrogen-bond acceptors (Lipinski definition) is 8. The minimum Gasteiger partial charge on any atom is -0.504 e. The number of carbonyl (C=O) groups is 2. The number of unbranched alkanes of at least 4 members (excludes halogenated alkanes) is 4. The molecular weight excluding hydrogens is 536 g/mol. The van der Waals surface area contributed by atoms with Gasteiger partial charge in [-0.05, 0) is 91.7 Å². The largest absolute Gasteiger partial charge is 0.504 e. The van der Waals surface area contributed by atoms with Crippen molar-refractivity contribution in [2.45, 2.75) is 45.1 Å². The lowest BCUT2D eigenvalue weighted by atomic mass is 10.1. The minimum atomic E-state index is -0.585. The summed E-state index contributed by atoms with van der Waals surface area (Å²) < 4.78 is 11.2. The molecular formula is C33H38N2O7. The van der Waals surface area contributed by atoms with Crippen LogP contribution in [0, 0.1) is 0 Å². The molecule has 0 atom stereocenters. The number of amides is 1. The third kappa shape index (κ3) is 8.27. The Balaban J connectivity index is 1.13. The number of aromatic hydroxyl groups is 3. The van der Waals surface area contributed by atoms with Gasteiger partial charge in [0, 0.05) is 31.1 Å². The fraction of sp³-hybridized carbons (Fsp3) is 0.333. The van der Waals surface area contributed by atoms with Gasteiger partial charge in [0.2, 0.25) is 0 Å². The van der Waals surface area contributed by atoms with E-state index in [9.17, 15) is 24.9 Å². The zero-order chi connectivity index (χ0) is 30.1. The van der Waals surface area contributed by atoms with Crippen LogP contribution in [-0.4, -0.2) is 59.3 Å². The lowest BCUT2D eigenvalue weighted by Gasteiger charge is -2.17. The number of nitrogens with one attached hydrogen (secondary N) is 1. The second kappa shape index (κ2) is 14.4. The van der Waals surface area contributed by atoms with Crippen LogP contribution in [0.1, 0.15) is 59.2 Å². The van der Waals surface area contributed by atoms with Crippen LogP contribution in [0.15, 0.2) is 60.2 Å². The third-order valence-corrected chi connectivity index (χ3v) is 7.15. The number of rotatable bonds is 13. The molecule has 0 fully saturated rings.